The Morgan fingerprint density at radius 3 is 2.30 bits per heavy atom. The van der Waals surface area contributed by atoms with Crippen LogP contribution < -0.4 is 5.32 Å². The second-order valence-electron chi connectivity index (χ2n) is 3.87. The van der Waals surface area contributed by atoms with E-state index in [1.807, 2.05) is 0 Å². The smallest absolute Gasteiger partial charge is 0.371 e. The first-order valence-corrected chi connectivity index (χ1v) is 5.56. The predicted octanol–water partition coefficient (Wildman–Crippen LogP) is 2.50. The molecule has 0 aliphatic heterocycles. The highest BCUT2D eigenvalue weighted by atomic mass is 19.4. The average Bonchev–Trinajstić information content (AvgIpc) is 2.34. The quantitative estimate of drug-likeness (QED) is 0.647. The van der Waals surface area contributed by atoms with Crippen molar-refractivity contribution in [3.05, 3.63) is 34.9 Å². The molecule has 1 aromatic rings. The third-order valence-corrected chi connectivity index (χ3v) is 2.26. The van der Waals surface area contributed by atoms with E-state index < -0.39 is 24.4 Å². The van der Waals surface area contributed by atoms with E-state index in [2.05, 4.69) is 10.1 Å². The molecule has 0 atom stereocenters. The normalized spacial score (nSPS) is 11.4. The van der Waals surface area contributed by atoms with E-state index in [4.69, 9.17) is 5.26 Å². The number of nitriles is 1. The summed E-state index contributed by atoms with van der Waals surface area (Å²) in [4.78, 5) is 0. The largest absolute Gasteiger partial charge is 0.411 e. The highest BCUT2D eigenvalue weighted by molar-refractivity contribution is 5.34. The molecule has 0 fully saturated rings. The van der Waals surface area contributed by atoms with Gasteiger partial charge >= 0.3 is 6.18 Å². The SMILES string of the molecule is N#Cc1cc(F)c(CNCCOCC(F)(F)F)c(F)c1. The van der Waals surface area contributed by atoms with Crippen LogP contribution in [-0.2, 0) is 11.3 Å². The van der Waals surface area contributed by atoms with Gasteiger partial charge in [0.25, 0.3) is 0 Å². The monoisotopic (exact) mass is 294 g/mol. The first-order valence-electron chi connectivity index (χ1n) is 5.56. The maximum absolute atomic E-state index is 13.4. The van der Waals surface area contributed by atoms with E-state index in [1.165, 1.54) is 0 Å². The lowest BCUT2D eigenvalue weighted by molar-refractivity contribution is -0.173. The second kappa shape index (κ2) is 7.17. The zero-order valence-electron chi connectivity index (χ0n) is 10.2. The summed E-state index contributed by atoms with van der Waals surface area (Å²) in [7, 11) is 0. The molecule has 0 spiro atoms. The topological polar surface area (TPSA) is 45.0 Å². The van der Waals surface area contributed by atoms with Crippen LogP contribution in [0.4, 0.5) is 22.0 Å². The second-order valence-corrected chi connectivity index (χ2v) is 3.87. The van der Waals surface area contributed by atoms with Crippen LogP contribution >= 0.6 is 0 Å². The van der Waals surface area contributed by atoms with Gasteiger partial charge in [-0.2, -0.15) is 18.4 Å². The molecule has 0 radical (unpaired) electrons. The van der Waals surface area contributed by atoms with Crippen LogP contribution in [0.3, 0.4) is 0 Å². The van der Waals surface area contributed by atoms with E-state index in [-0.39, 0.29) is 30.8 Å². The first kappa shape index (κ1) is 16.3. The molecule has 0 saturated heterocycles. The summed E-state index contributed by atoms with van der Waals surface area (Å²) < 4.78 is 66.4. The molecule has 20 heavy (non-hydrogen) atoms. The minimum Gasteiger partial charge on any atom is -0.371 e. The number of alkyl halides is 3. The Balaban J connectivity index is 2.38. The minimum absolute atomic E-state index is 0.00889. The number of hydrogen-bond acceptors (Lipinski definition) is 3. The zero-order valence-corrected chi connectivity index (χ0v) is 10.2. The van der Waals surface area contributed by atoms with E-state index in [0.29, 0.717) is 0 Å². The molecular weight excluding hydrogens is 283 g/mol. The maximum atomic E-state index is 13.4. The van der Waals surface area contributed by atoms with Crippen molar-refractivity contribution in [2.45, 2.75) is 12.7 Å². The molecule has 0 unspecified atom stereocenters. The van der Waals surface area contributed by atoms with E-state index >= 15 is 0 Å². The lowest BCUT2D eigenvalue weighted by Gasteiger charge is -2.09. The molecule has 1 rings (SSSR count). The molecule has 0 aromatic heterocycles. The standard InChI is InChI=1S/C12H11F5N2O/c13-10-3-8(5-18)4-11(14)9(10)6-19-1-2-20-7-12(15,16)17/h3-4,19H,1-2,6-7H2. The molecule has 0 saturated carbocycles. The Labute approximate surface area is 112 Å². The third-order valence-electron chi connectivity index (χ3n) is 2.26. The lowest BCUT2D eigenvalue weighted by atomic mass is 10.1. The molecule has 0 amide bonds. The van der Waals surface area contributed by atoms with Gasteiger partial charge in [-0.25, -0.2) is 8.78 Å². The van der Waals surface area contributed by atoms with Crippen molar-refractivity contribution in [3.8, 4) is 6.07 Å². The molecular formula is C12H11F5N2O. The summed E-state index contributed by atoms with van der Waals surface area (Å²) in [5, 5.41) is 11.1. The molecule has 0 bridgehead atoms. The van der Waals surface area contributed by atoms with Crippen LogP contribution in [0.25, 0.3) is 0 Å². The lowest BCUT2D eigenvalue weighted by Crippen LogP contribution is -2.24. The Hall–Kier alpha value is -1.72. The fraction of sp³-hybridized carbons (Fsp3) is 0.417. The Morgan fingerprint density at radius 2 is 1.80 bits per heavy atom. The molecule has 0 aliphatic carbocycles. The predicted molar refractivity (Wildman–Crippen MR) is 59.7 cm³/mol. The highest BCUT2D eigenvalue weighted by Gasteiger charge is 2.27. The minimum atomic E-state index is -4.40. The summed E-state index contributed by atoms with van der Waals surface area (Å²) >= 11 is 0. The zero-order chi connectivity index (χ0) is 15.2. The Morgan fingerprint density at radius 1 is 1.20 bits per heavy atom. The number of ether oxygens (including phenoxy) is 1. The van der Waals surface area contributed by atoms with Gasteiger partial charge in [0.1, 0.15) is 18.2 Å². The van der Waals surface area contributed by atoms with Crippen molar-refractivity contribution in [2.24, 2.45) is 0 Å². The number of nitrogens with one attached hydrogen (secondary N) is 1. The van der Waals surface area contributed by atoms with Crippen LogP contribution in [0.2, 0.25) is 0 Å². The number of benzene rings is 1. The summed E-state index contributed by atoms with van der Waals surface area (Å²) in [6.07, 6.45) is -4.40. The Kier molecular flexibility index (Phi) is 5.85. The van der Waals surface area contributed by atoms with Gasteiger partial charge in [-0.3, -0.25) is 0 Å². The molecule has 0 aliphatic rings. The molecule has 1 N–H and O–H groups in total. The van der Waals surface area contributed by atoms with Crippen LogP contribution in [-0.4, -0.2) is 25.9 Å². The number of nitrogens with zero attached hydrogens (tertiary/aromatic N) is 1. The first-order chi connectivity index (χ1) is 9.33. The molecule has 8 heteroatoms. The number of hydrogen-bond donors (Lipinski definition) is 1. The molecule has 3 nitrogen and oxygen atoms in total. The molecule has 0 heterocycles. The van der Waals surface area contributed by atoms with Gasteiger partial charge in [0.15, 0.2) is 0 Å². The number of rotatable bonds is 6. The maximum Gasteiger partial charge on any atom is 0.411 e. The van der Waals surface area contributed by atoms with E-state index in [1.54, 1.807) is 6.07 Å². The van der Waals surface area contributed by atoms with Gasteiger partial charge in [0.2, 0.25) is 0 Å². The van der Waals surface area contributed by atoms with Crippen LogP contribution in [0.5, 0.6) is 0 Å². The van der Waals surface area contributed by atoms with Crippen molar-refractivity contribution in [1.82, 2.24) is 5.32 Å². The van der Waals surface area contributed by atoms with Crippen LogP contribution in [0.15, 0.2) is 12.1 Å². The van der Waals surface area contributed by atoms with Crippen molar-refractivity contribution in [3.63, 3.8) is 0 Å². The van der Waals surface area contributed by atoms with Gasteiger partial charge in [-0.15, -0.1) is 0 Å². The van der Waals surface area contributed by atoms with Gasteiger partial charge in [-0.1, -0.05) is 0 Å². The van der Waals surface area contributed by atoms with E-state index in [0.717, 1.165) is 12.1 Å². The van der Waals surface area contributed by atoms with Gasteiger partial charge in [-0.05, 0) is 12.1 Å². The summed E-state index contributed by atoms with van der Waals surface area (Å²) in [6, 6.07) is 3.39. The third kappa shape index (κ3) is 5.50. The van der Waals surface area contributed by atoms with Crippen molar-refractivity contribution >= 4 is 0 Å². The van der Waals surface area contributed by atoms with E-state index in [9.17, 15) is 22.0 Å². The van der Waals surface area contributed by atoms with Crippen LogP contribution in [0, 0.1) is 23.0 Å². The molecule has 1 aromatic carbocycles. The molecule has 110 valence electrons. The Bertz CT molecular complexity index is 473. The summed E-state index contributed by atoms with van der Waals surface area (Å²) in [6.45, 7) is -1.80. The van der Waals surface area contributed by atoms with Gasteiger partial charge in [0, 0.05) is 18.7 Å². The van der Waals surface area contributed by atoms with Gasteiger partial charge < -0.3 is 10.1 Å². The van der Waals surface area contributed by atoms with Gasteiger partial charge in [0.05, 0.1) is 18.2 Å². The highest BCUT2D eigenvalue weighted by Crippen LogP contribution is 2.15. The summed E-state index contributed by atoms with van der Waals surface area (Å²) in [5.41, 5.74) is -0.419. The fourth-order valence-corrected chi connectivity index (χ4v) is 1.38. The average molecular weight is 294 g/mol. The van der Waals surface area contributed by atoms with Crippen molar-refractivity contribution in [2.75, 3.05) is 19.8 Å². The van der Waals surface area contributed by atoms with Crippen LogP contribution in [0.1, 0.15) is 11.1 Å². The fourth-order valence-electron chi connectivity index (χ4n) is 1.38. The van der Waals surface area contributed by atoms with Crippen molar-refractivity contribution in [1.29, 1.82) is 5.26 Å². The summed E-state index contributed by atoms with van der Waals surface area (Å²) in [5.74, 6) is -1.77. The van der Waals surface area contributed by atoms with Crippen molar-refractivity contribution < 1.29 is 26.7 Å². The number of halogens is 5.